The molecule has 0 saturated heterocycles. The Labute approximate surface area is 123 Å². The molecular formula is C13H17N3O2S2. The van der Waals surface area contributed by atoms with Crippen LogP contribution in [0.15, 0.2) is 35.4 Å². The average Bonchev–Trinajstić information content (AvgIpc) is 2.82. The van der Waals surface area contributed by atoms with Crippen LogP contribution in [0, 0.1) is 6.92 Å². The lowest BCUT2D eigenvalue weighted by molar-refractivity contribution is 0.521. The number of nitrogens with zero attached hydrogens (tertiary/aromatic N) is 2. The minimum absolute atomic E-state index is 0.284. The van der Waals surface area contributed by atoms with Gasteiger partial charge in [0.2, 0.25) is 10.0 Å². The lowest BCUT2D eigenvalue weighted by Crippen LogP contribution is -2.23. The maximum absolute atomic E-state index is 12.2. The van der Waals surface area contributed by atoms with Gasteiger partial charge in [0.1, 0.15) is 4.90 Å². The minimum Gasteiger partial charge on any atom is -0.379 e. The van der Waals surface area contributed by atoms with Crippen molar-refractivity contribution in [2.45, 2.75) is 18.4 Å². The van der Waals surface area contributed by atoms with Crippen molar-refractivity contribution in [2.75, 3.05) is 19.4 Å². The highest BCUT2D eigenvalue weighted by Crippen LogP contribution is 2.24. The zero-order chi connectivity index (χ0) is 14.8. The summed E-state index contributed by atoms with van der Waals surface area (Å²) in [4.78, 5) is 5.53. The standard InChI is InChI=1S/C13H17N3O2S2/c1-10-14-8-11(19-10)9-15-12-6-4-5-7-13(12)20(17,18)16(2)3/h4-8,15H,9H2,1-3H3. The van der Waals surface area contributed by atoms with Crippen molar-refractivity contribution in [3.8, 4) is 0 Å². The molecule has 0 aliphatic heterocycles. The van der Waals surface area contributed by atoms with Crippen LogP contribution in [-0.2, 0) is 16.6 Å². The first-order valence-corrected chi connectivity index (χ1v) is 8.33. The van der Waals surface area contributed by atoms with Gasteiger partial charge in [0.15, 0.2) is 0 Å². The molecule has 0 amide bonds. The van der Waals surface area contributed by atoms with Gasteiger partial charge in [0, 0.05) is 25.2 Å². The number of hydrogen-bond donors (Lipinski definition) is 1. The van der Waals surface area contributed by atoms with Crippen LogP contribution < -0.4 is 5.32 Å². The molecule has 1 aromatic heterocycles. The van der Waals surface area contributed by atoms with Crippen molar-refractivity contribution >= 4 is 27.0 Å². The van der Waals surface area contributed by atoms with Crippen LogP contribution in [0.2, 0.25) is 0 Å². The van der Waals surface area contributed by atoms with E-state index >= 15 is 0 Å². The number of sulfonamides is 1. The molecule has 1 heterocycles. The Kier molecular flexibility index (Phi) is 4.42. The molecule has 0 atom stereocenters. The van der Waals surface area contributed by atoms with Crippen molar-refractivity contribution in [3.63, 3.8) is 0 Å². The van der Waals surface area contributed by atoms with Gasteiger partial charge in [0.05, 0.1) is 17.2 Å². The maximum atomic E-state index is 12.2. The number of para-hydroxylation sites is 1. The molecule has 1 aromatic carbocycles. The van der Waals surface area contributed by atoms with Gasteiger partial charge < -0.3 is 5.32 Å². The topological polar surface area (TPSA) is 62.3 Å². The molecule has 0 radical (unpaired) electrons. The lowest BCUT2D eigenvalue weighted by Gasteiger charge is -2.15. The Morgan fingerprint density at radius 2 is 2.00 bits per heavy atom. The fourth-order valence-electron chi connectivity index (χ4n) is 1.70. The number of benzene rings is 1. The molecule has 7 heteroatoms. The van der Waals surface area contributed by atoms with Gasteiger partial charge in [-0.25, -0.2) is 17.7 Å². The number of rotatable bonds is 5. The van der Waals surface area contributed by atoms with E-state index in [9.17, 15) is 8.42 Å². The highest BCUT2D eigenvalue weighted by molar-refractivity contribution is 7.89. The molecule has 0 spiro atoms. The number of nitrogens with one attached hydrogen (secondary N) is 1. The minimum atomic E-state index is -3.45. The third kappa shape index (κ3) is 3.17. The van der Waals surface area contributed by atoms with Gasteiger partial charge in [-0.3, -0.25) is 0 Å². The largest absolute Gasteiger partial charge is 0.379 e. The second kappa shape index (κ2) is 5.90. The van der Waals surface area contributed by atoms with E-state index in [0.717, 1.165) is 9.88 Å². The van der Waals surface area contributed by atoms with Gasteiger partial charge in [-0.05, 0) is 19.1 Å². The number of hydrogen-bond acceptors (Lipinski definition) is 5. The molecule has 20 heavy (non-hydrogen) atoms. The molecule has 0 unspecified atom stereocenters. The van der Waals surface area contributed by atoms with Gasteiger partial charge in [-0.2, -0.15) is 0 Å². The zero-order valence-electron chi connectivity index (χ0n) is 11.6. The van der Waals surface area contributed by atoms with Crippen molar-refractivity contribution in [3.05, 3.63) is 40.3 Å². The quantitative estimate of drug-likeness (QED) is 0.920. The summed E-state index contributed by atoms with van der Waals surface area (Å²) in [5, 5.41) is 4.16. The average molecular weight is 311 g/mol. The first-order chi connectivity index (χ1) is 9.41. The highest BCUT2D eigenvalue weighted by Gasteiger charge is 2.20. The van der Waals surface area contributed by atoms with Crippen LogP contribution in [-0.4, -0.2) is 31.8 Å². The van der Waals surface area contributed by atoms with Crippen LogP contribution in [0.4, 0.5) is 5.69 Å². The van der Waals surface area contributed by atoms with E-state index in [2.05, 4.69) is 10.3 Å². The van der Waals surface area contributed by atoms with Gasteiger partial charge in [-0.1, -0.05) is 12.1 Å². The van der Waals surface area contributed by atoms with E-state index in [1.807, 2.05) is 13.0 Å². The Hall–Kier alpha value is -1.44. The lowest BCUT2D eigenvalue weighted by atomic mass is 10.3. The smallest absolute Gasteiger partial charge is 0.244 e. The fourth-order valence-corrected chi connectivity index (χ4v) is 3.50. The Balaban J connectivity index is 2.25. The van der Waals surface area contributed by atoms with E-state index in [4.69, 9.17) is 0 Å². The van der Waals surface area contributed by atoms with Crippen LogP contribution in [0.3, 0.4) is 0 Å². The van der Waals surface area contributed by atoms with Crippen molar-refractivity contribution < 1.29 is 8.42 Å². The Bertz CT molecular complexity index is 693. The van der Waals surface area contributed by atoms with E-state index < -0.39 is 10.0 Å². The molecule has 0 saturated carbocycles. The summed E-state index contributed by atoms with van der Waals surface area (Å²) in [6.45, 7) is 2.50. The predicted octanol–water partition coefficient (Wildman–Crippen LogP) is 2.31. The van der Waals surface area contributed by atoms with E-state index in [1.54, 1.807) is 35.7 Å². The third-order valence-electron chi connectivity index (χ3n) is 2.77. The second-order valence-corrected chi connectivity index (χ2v) is 7.92. The van der Waals surface area contributed by atoms with Crippen molar-refractivity contribution in [1.29, 1.82) is 0 Å². The number of anilines is 1. The maximum Gasteiger partial charge on any atom is 0.244 e. The summed E-state index contributed by atoms with van der Waals surface area (Å²) in [5.41, 5.74) is 0.604. The molecular weight excluding hydrogens is 294 g/mol. The van der Waals surface area contributed by atoms with Gasteiger partial charge in [-0.15, -0.1) is 11.3 Å². The summed E-state index contributed by atoms with van der Waals surface area (Å²) in [6, 6.07) is 6.91. The van der Waals surface area contributed by atoms with Crippen LogP contribution in [0.25, 0.3) is 0 Å². The number of thiazole rings is 1. The summed E-state index contributed by atoms with van der Waals surface area (Å²) >= 11 is 1.59. The zero-order valence-corrected chi connectivity index (χ0v) is 13.3. The predicted molar refractivity (Wildman–Crippen MR) is 81.5 cm³/mol. The molecule has 0 fully saturated rings. The van der Waals surface area contributed by atoms with E-state index in [-0.39, 0.29) is 4.90 Å². The molecule has 1 N–H and O–H groups in total. The van der Waals surface area contributed by atoms with Crippen molar-refractivity contribution in [2.24, 2.45) is 0 Å². The number of aryl methyl sites for hydroxylation is 1. The second-order valence-electron chi connectivity index (χ2n) is 4.48. The van der Waals surface area contributed by atoms with Crippen LogP contribution in [0.5, 0.6) is 0 Å². The summed E-state index contributed by atoms with van der Waals surface area (Å²) < 4.78 is 25.7. The molecule has 2 rings (SSSR count). The first kappa shape index (κ1) is 15.0. The number of aromatic nitrogens is 1. The van der Waals surface area contributed by atoms with E-state index in [1.165, 1.54) is 18.4 Å². The normalized spacial score (nSPS) is 11.8. The van der Waals surface area contributed by atoms with E-state index in [0.29, 0.717) is 12.2 Å². The fraction of sp³-hybridized carbons (Fsp3) is 0.308. The summed E-state index contributed by atoms with van der Waals surface area (Å²) in [6.07, 6.45) is 1.80. The SMILES string of the molecule is Cc1ncc(CNc2ccccc2S(=O)(=O)N(C)C)s1. The van der Waals surface area contributed by atoms with Gasteiger partial charge in [0.25, 0.3) is 0 Å². The third-order valence-corrected chi connectivity index (χ3v) is 5.55. The molecule has 5 nitrogen and oxygen atoms in total. The highest BCUT2D eigenvalue weighted by atomic mass is 32.2. The van der Waals surface area contributed by atoms with Crippen LogP contribution >= 0.6 is 11.3 Å². The molecule has 108 valence electrons. The molecule has 2 aromatic rings. The van der Waals surface area contributed by atoms with Crippen LogP contribution in [0.1, 0.15) is 9.88 Å². The first-order valence-electron chi connectivity index (χ1n) is 6.08. The summed E-state index contributed by atoms with van der Waals surface area (Å²) in [7, 11) is -0.395. The molecule has 0 aliphatic carbocycles. The Morgan fingerprint density at radius 1 is 1.30 bits per heavy atom. The monoisotopic (exact) mass is 311 g/mol. The summed E-state index contributed by atoms with van der Waals surface area (Å²) in [5.74, 6) is 0. The molecule has 0 bridgehead atoms. The van der Waals surface area contributed by atoms with Crippen molar-refractivity contribution in [1.82, 2.24) is 9.29 Å². The van der Waals surface area contributed by atoms with Gasteiger partial charge >= 0.3 is 0 Å². The Morgan fingerprint density at radius 3 is 2.60 bits per heavy atom. The molecule has 0 aliphatic rings.